The van der Waals surface area contributed by atoms with E-state index in [2.05, 4.69) is 31.3 Å². The molecule has 0 aromatic heterocycles. The first-order valence-electron chi connectivity index (χ1n) is 12.7. The highest BCUT2D eigenvalue weighted by atomic mass is 16.7. The molecule has 8 heteroatoms. The first-order chi connectivity index (χ1) is 17.5. The molecule has 1 amide bonds. The van der Waals surface area contributed by atoms with Crippen LogP contribution < -0.4 is 10.1 Å². The number of amides is 1. The number of nitrogens with one attached hydrogen (secondary N) is 1. The third kappa shape index (κ3) is 10.0. The molecule has 0 saturated carbocycles. The summed E-state index contributed by atoms with van der Waals surface area (Å²) in [6.07, 6.45) is 11.5. The highest BCUT2D eigenvalue weighted by Crippen LogP contribution is 2.28. The van der Waals surface area contributed by atoms with Crippen LogP contribution in [0, 0.1) is 5.92 Å². The Morgan fingerprint density at radius 3 is 2.81 bits per heavy atom. The number of cyclic esters (lactones) is 1. The van der Waals surface area contributed by atoms with Crippen molar-refractivity contribution in [1.82, 2.24) is 5.32 Å². The minimum absolute atomic E-state index is 0.150. The second-order valence-corrected chi connectivity index (χ2v) is 8.88. The van der Waals surface area contributed by atoms with E-state index >= 15 is 0 Å². The Morgan fingerprint density at radius 1 is 1.22 bits per heavy atom. The highest BCUT2D eigenvalue weighted by Gasteiger charge is 2.27. The number of fused-ring (bicyclic) bond motifs is 1. The van der Waals surface area contributed by atoms with Gasteiger partial charge < -0.3 is 23.7 Å². The van der Waals surface area contributed by atoms with Crippen LogP contribution in [-0.2, 0) is 25.4 Å². The van der Waals surface area contributed by atoms with E-state index in [4.69, 9.17) is 23.7 Å². The van der Waals surface area contributed by atoms with Crippen molar-refractivity contribution >= 4 is 12.1 Å². The van der Waals surface area contributed by atoms with Crippen LogP contribution in [0.4, 0.5) is 4.79 Å². The Balaban J connectivity index is 2.17. The van der Waals surface area contributed by atoms with Crippen molar-refractivity contribution < 1.29 is 33.3 Å². The van der Waals surface area contributed by atoms with Crippen LogP contribution in [0.2, 0.25) is 0 Å². The van der Waals surface area contributed by atoms with Gasteiger partial charge in [0.1, 0.15) is 24.2 Å². The summed E-state index contributed by atoms with van der Waals surface area (Å²) < 4.78 is 27.7. The summed E-state index contributed by atoms with van der Waals surface area (Å²) in [6.45, 7) is 4.74. The van der Waals surface area contributed by atoms with Gasteiger partial charge >= 0.3 is 12.1 Å². The van der Waals surface area contributed by atoms with E-state index in [-0.39, 0.29) is 18.8 Å². The van der Waals surface area contributed by atoms with Gasteiger partial charge in [0.25, 0.3) is 0 Å². The predicted molar refractivity (Wildman–Crippen MR) is 138 cm³/mol. The normalized spacial score (nSPS) is 21.6. The maximum Gasteiger partial charge on any atom is 0.411 e. The van der Waals surface area contributed by atoms with Gasteiger partial charge in [-0.3, -0.25) is 5.32 Å². The first kappa shape index (κ1) is 29.4. The molecule has 0 saturated heterocycles. The average Bonchev–Trinajstić information content (AvgIpc) is 2.88. The maximum absolute atomic E-state index is 13.3. The quantitative estimate of drug-likeness (QED) is 0.183. The first-order valence-corrected chi connectivity index (χ1v) is 12.7. The van der Waals surface area contributed by atoms with Crippen LogP contribution in [-0.4, -0.2) is 51.9 Å². The summed E-state index contributed by atoms with van der Waals surface area (Å²) in [5.74, 6) is 0.212. The molecule has 0 unspecified atom stereocenters. The van der Waals surface area contributed by atoms with Crippen molar-refractivity contribution in [1.29, 1.82) is 0 Å². The number of rotatable bonds is 11. The molecule has 0 spiro atoms. The number of allylic oxidation sites excluding steroid dienone is 2. The molecule has 0 bridgehead atoms. The van der Waals surface area contributed by atoms with Gasteiger partial charge in [0.15, 0.2) is 0 Å². The molecule has 0 radical (unpaired) electrons. The highest BCUT2D eigenvalue weighted by molar-refractivity contribution is 5.94. The van der Waals surface area contributed by atoms with Crippen LogP contribution in [0.15, 0.2) is 42.6 Å². The lowest BCUT2D eigenvalue weighted by atomic mass is 9.93. The molecule has 1 aromatic carbocycles. The van der Waals surface area contributed by atoms with Gasteiger partial charge in [-0.25, -0.2) is 9.59 Å². The SMILES string of the molecule is CCCCCOC(=O)N/C=C/C[C@H]1C[C@@H](OCOC)[C@@H](C)C/C=C/Cc2cccc(OC)c2C(=O)O1. The van der Waals surface area contributed by atoms with Gasteiger partial charge in [0.2, 0.25) is 0 Å². The van der Waals surface area contributed by atoms with Crippen molar-refractivity contribution in [3.05, 3.63) is 53.8 Å². The van der Waals surface area contributed by atoms with Gasteiger partial charge in [0.05, 0.1) is 19.8 Å². The van der Waals surface area contributed by atoms with Crippen LogP contribution in [0.3, 0.4) is 0 Å². The summed E-state index contributed by atoms with van der Waals surface area (Å²) >= 11 is 0. The van der Waals surface area contributed by atoms with Crippen molar-refractivity contribution in [3.63, 3.8) is 0 Å². The van der Waals surface area contributed by atoms with Gasteiger partial charge in [0, 0.05) is 26.2 Å². The minimum Gasteiger partial charge on any atom is -0.496 e. The Labute approximate surface area is 215 Å². The fourth-order valence-electron chi connectivity index (χ4n) is 4.01. The van der Waals surface area contributed by atoms with Crippen LogP contribution >= 0.6 is 0 Å². The number of hydrogen-bond donors (Lipinski definition) is 1. The smallest absolute Gasteiger partial charge is 0.411 e. The van der Waals surface area contributed by atoms with Crippen molar-refractivity contribution in [3.8, 4) is 5.75 Å². The fraction of sp³-hybridized carbons (Fsp3) is 0.571. The van der Waals surface area contributed by atoms with Gasteiger partial charge in [-0.2, -0.15) is 0 Å². The van der Waals surface area contributed by atoms with Gasteiger partial charge in [-0.1, -0.05) is 57.0 Å². The molecule has 1 aliphatic rings. The Hall–Kier alpha value is -2.84. The number of benzene rings is 1. The Kier molecular flexibility index (Phi) is 13.7. The summed E-state index contributed by atoms with van der Waals surface area (Å²) in [4.78, 5) is 25.2. The lowest BCUT2D eigenvalue weighted by Gasteiger charge is -2.28. The number of carbonyl (C=O) groups excluding carboxylic acids is 2. The lowest BCUT2D eigenvalue weighted by Crippen LogP contribution is -2.31. The van der Waals surface area contributed by atoms with E-state index in [1.165, 1.54) is 6.20 Å². The monoisotopic (exact) mass is 503 g/mol. The van der Waals surface area contributed by atoms with Gasteiger partial charge in [-0.05, 0) is 36.8 Å². The summed E-state index contributed by atoms with van der Waals surface area (Å²) in [5.41, 5.74) is 1.27. The zero-order valence-corrected chi connectivity index (χ0v) is 22.0. The Morgan fingerprint density at radius 2 is 2.06 bits per heavy atom. The average molecular weight is 504 g/mol. The summed E-state index contributed by atoms with van der Waals surface area (Å²) in [7, 11) is 3.12. The van der Waals surface area contributed by atoms with Crippen LogP contribution in [0.5, 0.6) is 5.75 Å². The van der Waals surface area contributed by atoms with E-state index in [0.29, 0.717) is 37.2 Å². The number of ether oxygens (including phenoxy) is 5. The van der Waals surface area contributed by atoms with Crippen molar-refractivity contribution in [2.24, 2.45) is 5.92 Å². The maximum atomic E-state index is 13.3. The molecule has 1 heterocycles. The molecule has 1 aliphatic heterocycles. The van der Waals surface area contributed by atoms with E-state index in [0.717, 1.165) is 31.2 Å². The number of esters is 1. The molecule has 1 aromatic rings. The molecule has 0 fully saturated rings. The topological polar surface area (TPSA) is 92.3 Å². The lowest BCUT2D eigenvalue weighted by molar-refractivity contribution is -0.102. The van der Waals surface area contributed by atoms with Gasteiger partial charge in [-0.15, -0.1) is 0 Å². The number of carbonyl (C=O) groups is 2. The number of methoxy groups -OCH3 is 2. The number of alkyl carbamates (subject to hydrolysis) is 1. The number of unbranched alkanes of at least 4 members (excludes halogenated alkanes) is 2. The molecule has 3 atom stereocenters. The Bertz CT molecular complexity index is 867. The molecule has 200 valence electrons. The molecular weight excluding hydrogens is 462 g/mol. The third-order valence-electron chi connectivity index (χ3n) is 6.05. The third-order valence-corrected chi connectivity index (χ3v) is 6.05. The van der Waals surface area contributed by atoms with Crippen molar-refractivity contribution in [2.45, 2.75) is 71.0 Å². The van der Waals surface area contributed by atoms with Crippen molar-refractivity contribution in [2.75, 3.05) is 27.6 Å². The largest absolute Gasteiger partial charge is 0.496 e. The second kappa shape index (κ2) is 16.8. The zero-order chi connectivity index (χ0) is 26.2. The fourth-order valence-corrected chi connectivity index (χ4v) is 4.01. The minimum atomic E-state index is -0.501. The predicted octanol–water partition coefficient (Wildman–Crippen LogP) is 5.56. The molecule has 2 rings (SSSR count). The van der Waals surface area contributed by atoms with E-state index < -0.39 is 18.2 Å². The second-order valence-electron chi connectivity index (χ2n) is 8.88. The molecule has 0 aliphatic carbocycles. The zero-order valence-electron chi connectivity index (χ0n) is 22.0. The van der Waals surface area contributed by atoms with E-state index in [1.807, 2.05) is 12.1 Å². The number of hydrogen-bond acceptors (Lipinski definition) is 7. The molecule has 1 N–H and O–H groups in total. The summed E-state index contributed by atoms with van der Waals surface area (Å²) in [5, 5.41) is 2.60. The van der Waals surface area contributed by atoms with Crippen LogP contribution in [0.25, 0.3) is 0 Å². The molecular formula is C28H41NO7. The van der Waals surface area contributed by atoms with E-state index in [9.17, 15) is 9.59 Å². The standard InChI is InChI=1S/C28H41NO7/c1-5-6-9-18-34-28(31)29-17-11-15-23-19-25(35-20-32-3)21(2)12-7-8-13-22-14-10-16-24(33-4)26(22)27(30)36-23/h7-8,10-11,14,16-17,21,23,25H,5-6,9,12-13,15,18-20H2,1-4H3,(H,29,31)/b8-7+,17-11+/t21-,23-,25+/m0/s1. The molecule has 8 nitrogen and oxygen atoms in total. The molecule has 36 heavy (non-hydrogen) atoms. The summed E-state index contributed by atoms with van der Waals surface area (Å²) in [6, 6.07) is 5.54. The van der Waals surface area contributed by atoms with E-state index in [1.54, 1.807) is 26.4 Å². The van der Waals surface area contributed by atoms with Crippen LogP contribution in [0.1, 0.15) is 68.3 Å².